The summed E-state index contributed by atoms with van der Waals surface area (Å²) in [5, 5.41) is 12.6. The molecular formula is C24H22N4O2. The smallest absolute Gasteiger partial charge is 0.252 e. The molecule has 150 valence electrons. The largest absolute Gasteiger partial charge is 0.343 e. The van der Waals surface area contributed by atoms with E-state index in [1.807, 2.05) is 36.4 Å². The number of aromatic nitrogens is 1. The lowest BCUT2D eigenvalue weighted by Gasteiger charge is -2.19. The summed E-state index contributed by atoms with van der Waals surface area (Å²) in [6.45, 7) is 0.447. The number of rotatable bonds is 5. The maximum absolute atomic E-state index is 12.7. The number of nitriles is 1. The van der Waals surface area contributed by atoms with E-state index in [1.165, 1.54) is 5.56 Å². The van der Waals surface area contributed by atoms with Gasteiger partial charge in [0.1, 0.15) is 6.04 Å². The van der Waals surface area contributed by atoms with Crippen LogP contribution in [-0.4, -0.2) is 40.8 Å². The zero-order valence-corrected chi connectivity index (χ0v) is 16.5. The number of pyridine rings is 1. The SMILES string of the molecule is N#C[C@@H]1CCCN1C(=O)CNC(=O)c1ccnc2cc(Cc3ccccc3)ccc12. The molecule has 6 heteroatoms. The summed E-state index contributed by atoms with van der Waals surface area (Å²) < 4.78 is 0. The third-order valence-corrected chi connectivity index (χ3v) is 5.43. The van der Waals surface area contributed by atoms with E-state index in [9.17, 15) is 9.59 Å². The molecule has 6 nitrogen and oxygen atoms in total. The first kappa shape index (κ1) is 19.6. The molecule has 1 aliphatic rings. The van der Waals surface area contributed by atoms with E-state index in [2.05, 4.69) is 28.5 Å². The first-order valence-corrected chi connectivity index (χ1v) is 10.0. The predicted molar refractivity (Wildman–Crippen MR) is 114 cm³/mol. The minimum absolute atomic E-state index is 0.118. The third-order valence-electron chi connectivity index (χ3n) is 5.43. The van der Waals surface area contributed by atoms with Crippen LogP contribution in [0, 0.1) is 11.3 Å². The monoisotopic (exact) mass is 398 g/mol. The lowest BCUT2D eigenvalue weighted by molar-refractivity contribution is -0.130. The van der Waals surface area contributed by atoms with Crippen LogP contribution < -0.4 is 5.32 Å². The molecule has 1 saturated heterocycles. The minimum Gasteiger partial charge on any atom is -0.343 e. The van der Waals surface area contributed by atoms with Gasteiger partial charge in [-0.15, -0.1) is 0 Å². The summed E-state index contributed by atoms with van der Waals surface area (Å²) in [6.07, 6.45) is 3.91. The van der Waals surface area contributed by atoms with Gasteiger partial charge >= 0.3 is 0 Å². The van der Waals surface area contributed by atoms with Gasteiger partial charge in [0, 0.05) is 18.1 Å². The highest BCUT2D eigenvalue weighted by molar-refractivity contribution is 6.07. The summed E-state index contributed by atoms with van der Waals surface area (Å²) in [6, 6.07) is 19.5. The van der Waals surface area contributed by atoms with Crippen molar-refractivity contribution < 1.29 is 9.59 Å². The van der Waals surface area contributed by atoms with Gasteiger partial charge in [-0.1, -0.05) is 42.5 Å². The Bertz CT molecular complexity index is 1120. The van der Waals surface area contributed by atoms with Crippen molar-refractivity contribution in [1.29, 1.82) is 5.26 Å². The molecule has 1 N–H and O–H groups in total. The fourth-order valence-corrected chi connectivity index (χ4v) is 3.89. The second-order valence-corrected chi connectivity index (χ2v) is 7.43. The number of carbonyl (C=O) groups is 2. The lowest BCUT2D eigenvalue weighted by atomic mass is 10.0. The van der Waals surface area contributed by atoms with Crippen molar-refractivity contribution in [3.63, 3.8) is 0 Å². The summed E-state index contributed by atoms with van der Waals surface area (Å²) in [5.41, 5.74) is 3.55. The van der Waals surface area contributed by atoms with Crippen LogP contribution in [0.2, 0.25) is 0 Å². The van der Waals surface area contributed by atoms with Gasteiger partial charge in [0.15, 0.2) is 0 Å². The van der Waals surface area contributed by atoms with Crippen molar-refractivity contribution in [3.05, 3.63) is 77.5 Å². The Kier molecular flexibility index (Phi) is 5.71. The fraction of sp³-hybridized carbons (Fsp3) is 0.250. The van der Waals surface area contributed by atoms with Gasteiger partial charge in [-0.2, -0.15) is 5.26 Å². The maximum Gasteiger partial charge on any atom is 0.252 e. The zero-order chi connectivity index (χ0) is 20.9. The molecule has 1 fully saturated rings. The highest BCUT2D eigenvalue weighted by Crippen LogP contribution is 2.20. The zero-order valence-electron chi connectivity index (χ0n) is 16.5. The Morgan fingerprint density at radius 3 is 2.77 bits per heavy atom. The molecule has 0 saturated carbocycles. The van der Waals surface area contributed by atoms with E-state index in [1.54, 1.807) is 17.2 Å². The number of fused-ring (bicyclic) bond motifs is 1. The summed E-state index contributed by atoms with van der Waals surface area (Å²) in [5.74, 6) is -0.546. The van der Waals surface area contributed by atoms with Crippen LogP contribution in [0.1, 0.15) is 34.3 Å². The molecule has 1 atom stereocenters. The molecule has 1 aromatic heterocycles. The highest BCUT2D eigenvalue weighted by atomic mass is 16.2. The number of hydrogen-bond donors (Lipinski definition) is 1. The van der Waals surface area contributed by atoms with Gasteiger partial charge in [-0.25, -0.2) is 0 Å². The normalized spacial score (nSPS) is 15.7. The molecule has 3 aromatic rings. The first-order valence-electron chi connectivity index (χ1n) is 10.0. The van der Waals surface area contributed by atoms with Crippen molar-refractivity contribution in [2.24, 2.45) is 0 Å². The molecule has 30 heavy (non-hydrogen) atoms. The molecular weight excluding hydrogens is 376 g/mol. The van der Waals surface area contributed by atoms with Crippen molar-refractivity contribution in [1.82, 2.24) is 15.2 Å². The number of hydrogen-bond acceptors (Lipinski definition) is 4. The first-order chi connectivity index (χ1) is 14.7. The van der Waals surface area contributed by atoms with Gasteiger partial charge in [0.05, 0.1) is 23.7 Å². The second-order valence-electron chi connectivity index (χ2n) is 7.43. The Morgan fingerprint density at radius 1 is 1.13 bits per heavy atom. The van der Waals surface area contributed by atoms with Crippen LogP contribution in [0.5, 0.6) is 0 Å². The fourth-order valence-electron chi connectivity index (χ4n) is 3.89. The van der Waals surface area contributed by atoms with Gasteiger partial charge in [-0.3, -0.25) is 14.6 Å². The molecule has 0 unspecified atom stereocenters. The third kappa shape index (κ3) is 4.15. The van der Waals surface area contributed by atoms with E-state index in [4.69, 9.17) is 5.26 Å². The van der Waals surface area contributed by atoms with Crippen LogP contribution in [0.4, 0.5) is 0 Å². The van der Waals surface area contributed by atoms with Gasteiger partial charge in [0.2, 0.25) is 5.91 Å². The minimum atomic E-state index is -0.390. The average Bonchev–Trinajstić information content (AvgIpc) is 3.26. The van der Waals surface area contributed by atoms with Gasteiger partial charge in [-0.05, 0) is 42.5 Å². The van der Waals surface area contributed by atoms with E-state index < -0.39 is 0 Å². The number of likely N-dealkylation sites (tertiary alicyclic amines) is 1. The van der Waals surface area contributed by atoms with E-state index in [0.717, 1.165) is 29.3 Å². The van der Waals surface area contributed by atoms with Crippen molar-refractivity contribution in [2.45, 2.75) is 25.3 Å². The molecule has 2 aromatic carbocycles. The average molecular weight is 398 g/mol. The Balaban J connectivity index is 1.47. The van der Waals surface area contributed by atoms with Crippen LogP contribution in [0.3, 0.4) is 0 Å². The number of nitrogens with one attached hydrogen (secondary N) is 1. The van der Waals surface area contributed by atoms with Crippen LogP contribution in [-0.2, 0) is 11.2 Å². The number of nitrogens with zero attached hydrogens (tertiary/aromatic N) is 3. The van der Waals surface area contributed by atoms with Crippen molar-refractivity contribution >= 4 is 22.7 Å². The maximum atomic E-state index is 12.7. The molecule has 0 spiro atoms. The molecule has 1 aliphatic heterocycles. The van der Waals surface area contributed by atoms with Gasteiger partial charge < -0.3 is 10.2 Å². The summed E-state index contributed by atoms with van der Waals surface area (Å²) >= 11 is 0. The number of benzene rings is 2. The van der Waals surface area contributed by atoms with E-state index >= 15 is 0 Å². The van der Waals surface area contributed by atoms with E-state index in [0.29, 0.717) is 18.5 Å². The molecule has 4 rings (SSSR count). The topological polar surface area (TPSA) is 86.1 Å². The quantitative estimate of drug-likeness (QED) is 0.716. The summed E-state index contributed by atoms with van der Waals surface area (Å²) in [4.78, 5) is 31.1. The molecule has 2 amide bonds. The van der Waals surface area contributed by atoms with Crippen molar-refractivity contribution in [3.8, 4) is 6.07 Å². The van der Waals surface area contributed by atoms with Crippen LogP contribution in [0.25, 0.3) is 10.9 Å². The Labute approximate surface area is 175 Å². The number of amides is 2. The molecule has 0 bridgehead atoms. The van der Waals surface area contributed by atoms with E-state index in [-0.39, 0.29) is 24.4 Å². The Hall–Kier alpha value is -3.72. The second kappa shape index (κ2) is 8.75. The molecule has 2 heterocycles. The Morgan fingerprint density at radius 2 is 1.97 bits per heavy atom. The lowest BCUT2D eigenvalue weighted by Crippen LogP contribution is -2.42. The predicted octanol–water partition coefficient (Wildman–Crippen LogP) is 3.07. The molecule has 0 radical (unpaired) electrons. The van der Waals surface area contributed by atoms with Crippen molar-refractivity contribution in [2.75, 3.05) is 13.1 Å². The molecule has 0 aliphatic carbocycles. The van der Waals surface area contributed by atoms with Crippen LogP contribution in [0.15, 0.2) is 60.8 Å². The number of carbonyl (C=O) groups excluding carboxylic acids is 2. The summed E-state index contributed by atoms with van der Waals surface area (Å²) in [7, 11) is 0. The van der Waals surface area contributed by atoms with Gasteiger partial charge in [0.25, 0.3) is 5.91 Å². The van der Waals surface area contributed by atoms with Crippen LogP contribution >= 0.6 is 0 Å². The standard InChI is InChI=1S/C24H22N4O2/c25-15-19-7-4-12-28(19)23(29)16-27-24(30)21-10-11-26-22-14-18(8-9-20(21)22)13-17-5-2-1-3-6-17/h1-3,5-6,8-11,14,19H,4,7,12-13,16H2,(H,27,30)/t19-/m0/s1. The highest BCUT2D eigenvalue weighted by Gasteiger charge is 2.28.